The van der Waals surface area contributed by atoms with Crippen LogP contribution >= 0.6 is 0 Å². The number of carbonyl (C=O) groups is 1. The summed E-state index contributed by atoms with van der Waals surface area (Å²) in [6.45, 7) is 7.93. The molecule has 0 atom stereocenters. The summed E-state index contributed by atoms with van der Waals surface area (Å²) in [5.41, 5.74) is 4.29. The summed E-state index contributed by atoms with van der Waals surface area (Å²) < 4.78 is 0. The third-order valence-corrected chi connectivity index (χ3v) is 4.51. The van der Waals surface area contributed by atoms with Gasteiger partial charge in [-0.1, -0.05) is 51.6 Å². The molecule has 0 aliphatic heterocycles. The maximum atomic E-state index is 11.8. The van der Waals surface area contributed by atoms with Crippen molar-refractivity contribution < 1.29 is 4.79 Å². The van der Waals surface area contributed by atoms with E-state index in [1.807, 2.05) is 18.2 Å². The highest BCUT2D eigenvalue weighted by molar-refractivity contribution is 5.96. The molecule has 3 nitrogen and oxygen atoms in total. The number of carbonyl (C=O) groups excluding carboxylic acids is 1. The summed E-state index contributed by atoms with van der Waals surface area (Å²) in [5.74, 6) is 0.773. The van der Waals surface area contributed by atoms with Gasteiger partial charge in [0.05, 0.1) is 11.4 Å². The molecule has 0 unspecified atom stereocenters. The van der Waals surface area contributed by atoms with Crippen LogP contribution < -0.4 is 9.80 Å². The molecule has 0 radical (unpaired) electrons. The summed E-state index contributed by atoms with van der Waals surface area (Å²) in [6.07, 6.45) is 1.15. The van der Waals surface area contributed by atoms with Crippen molar-refractivity contribution in [1.82, 2.24) is 0 Å². The number of anilines is 2. The van der Waals surface area contributed by atoms with Crippen molar-refractivity contribution in [1.29, 1.82) is 0 Å². The third-order valence-electron chi connectivity index (χ3n) is 4.51. The predicted octanol–water partition coefficient (Wildman–Crippen LogP) is 5.64. The molecule has 0 heterocycles. The van der Waals surface area contributed by atoms with Crippen LogP contribution in [-0.4, -0.2) is 26.4 Å². The van der Waals surface area contributed by atoms with E-state index in [2.05, 4.69) is 68.1 Å². The highest BCUT2D eigenvalue weighted by atomic mass is 16.1. The minimum Gasteiger partial charge on any atom is -0.373 e. The van der Waals surface area contributed by atoms with Crippen LogP contribution in [0.4, 0.5) is 11.4 Å². The summed E-state index contributed by atoms with van der Waals surface area (Å²) in [5, 5.41) is 0. The summed E-state index contributed by atoms with van der Waals surface area (Å²) in [6, 6.07) is 16.4. The molecular formula is C23H34N2O. The standard InChI is InChI=1S/C22H30N2O.CH4/c1-17(2)13-14-23(4)21-12-11-20(18(3)25)15-22(21)24(5)16-19-9-7-6-8-10-19;/h6-12,15,17H,13-14,16H2,1-5H3;1H4. The van der Waals surface area contributed by atoms with Crippen LogP contribution in [0.1, 0.15) is 50.5 Å². The second kappa shape index (κ2) is 10.0. The van der Waals surface area contributed by atoms with Crippen LogP contribution in [0.15, 0.2) is 48.5 Å². The average Bonchev–Trinajstić information content (AvgIpc) is 2.59. The van der Waals surface area contributed by atoms with E-state index in [1.54, 1.807) is 6.92 Å². The Labute approximate surface area is 159 Å². The lowest BCUT2D eigenvalue weighted by molar-refractivity contribution is 0.101. The minimum atomic E-state index is 0. The Balaban J connectivity index is 0.00000338. The molecular weight excluding hydrogens is 320 g/mol. The van der Waals surface area contributed by atoms with E-state index in [4.69, 9.17) is 0 Å². The molecule has 0 spiro atoms. The number of rotatable bonds is 8. The molecule has 0 N–H and O–H groups in total. The zero-order chi connectivity index (χ0) is 18.4. The zero-order valence-electron chi connectivity index (χ0n) is 16.1. The van der Waals surface area contributed by atoms with E-state index in [1.165, 1.54) is 11.3 Å². The van der Waals surface area contributed by atoms with Gasteiger partial charge < -0.3 is 9.80 Å². The zero-order valence-corrected chi connectivity index (χ0v) is 16.1. The lowest BCUT2D eigenvalue weighted by Gasteiger charge is -2.29. The Morgan fingerprint density at radius 3 is 2.19 bits per heavy atom. The topological polar surface area (TPSA) is 23.6 Å². The maximum absolute atomic E-state index is 11.8. The Morgan fingerprint density at radius 1 is 0.962 bits per heavy atom. The highest BCUT2D eigenvalue weighted by Crippen LogP contribution is 2.31. The highest BCUT2D eigenvalue weighted by Gasteiger charge is 2.14. The summed E-state index contributed by atoms with van der Waals surface area (Å²) in [4.78, 5) is 16.4. The normalized spacial score (nSPS) is 10.4. The Bertz CT molecular complexity index is 695. The van der Waals surface area contributed by atoms with Crippen LogP contribution in [0.25, 0.3) is 0 Å². The molecule has 3 heteroatoms. The van der Waals surface area contributed by atoms with Crippen molar-refractivity contribution in [3.05, 3.63) is 59.7 Å². The van der Waals surface area contributed by atoms with Gasteiger partial charge in [-0.15, -0.1) is 0 Å². The van der Waals surface area contributed by atoms with Crippen LogP contribution in [0, 0.1) is 5.92 Å². The Kier molecular flexibility index (Phi) is 8.37. The lowest BCUT2D eigenvalue weighted by Crippen LogP contribution is -2.25. The fourth-order valence-electron chi connectivity index (χ4n) is 2.89. The van der Waals surface area contributed by atoms with Gasteiger partial charge in [0, 0.05) is 32.7 Å². The van der Waals surface area contributed by atoms with Crippen molar-refractivity contribution in [2.45, 2.75) is 41.2 Å². The first-order chi connectivity index (χ1) is 11.9. The molecule has 0 bridgehead atoms. The van der Waals surface area contributed by atoms with Crippen molar-refractivity contribution in [2.24, 2.45) is 5.92 Å². The van der Waals surface area contributed by atoms with E-state index in [9.17, 15) is 4.79 Å². The van der Waals surface area contributed by atoms with Gasteiger partial charge in [-0.25, -0.2) is 0 Å². The smallest absolute Gasteiger partial charge is 0.159 e. The lowest BCUT2D eigenvalue weighted by atomic mass is 10.1. The molecule has 0 amide bonds. The van der Waals surface area contributed by atoms with Crippen molar-refractivity contribution in [3.63, 3.8) is 0 Å². The fraction of sp³-hybridized carbons (Fsp3) is 0.435. The van der Waals surface area contributed by atoms with Crippen LogP contribution in [0.3, 0.4) is 0 Å². The van der Waals surface area contributed by atoms with E-state index in [-0.39, 0.29) is 13.2 Å². The largest absolute Gasteiger partial charge is 0.373 e. The van der Waals surface area contributed by atoms with Crippen molar-refractivity contribution in [2.75, 3.05) is 30.4 Å². The molecule has 142 valence electrons. The van der Waals surface area contributed by atoms with Gasteiger partial charge in [-0.3, -0.25) is 4.79 Å². The van der Waals surface area contributed by atoms with E-state index < -0.39 is 0 Å². The van der Waals surface area contributed by atoms with Crippen LogP contribution in [0.2, 0.25) is 0 Å². The number of Topliss-reactive ketones (excluding diaryl/α,β-unsaturated/α-hetero) is 1. The molecule has 2 rings (SSSR count). The van der Waals surface area contributed by atoms with E-state index in [0.717, 1.165) is 30.8 Å². The fourth-order valence-corrected chi connectivity index (χ4v) is 2.89. The number of benzene rings is 2. The SMILES string of the molecule is C.CC(=O)c1ccc(N(C)CCC(C)C)c(N(C)Cc2ccccc2)c1. The van der Waals surface area contributed by atoms with Crippen molar-refractivity contribution >= 4 is 17.2 Å². The molecule has 0 fully saturated rings. The van der Waals surface area contributed by atoms with Gasteiger partial charge in [-0.05, 0) is 43.0 Å². The second-order valence-corrected chi connectivity index (χ2v) is 7.21. The molecule has 0 saturated carbocycles. The first kappa shape index (κ1) is 21.8. The summed E-state index contributed by atoms with van der Waals surface area (Å²) in [7, 11) is 4.22. The maximum Gasteiger partial charge on any atom is 0.159 e. The first-order valence-electron chi connectivity index (χ1n) is 8.99. The number of hydrogen-bond donors (Lipinski definition) is 0. The Morgan fingerprint density at radius 2 is 1.62 bits per heavy atom. The van der Waals surface area contributed by atoms with Gasteiger partial charge >= 0.3 is 0 Å². The number of nitrogens with zero attached hydrogens (tertiary/aromatic N) is 2. The van der Waals surface area contributed by atoms with Crippen LogP contribution in [0.5, 0.6) is 0 Å². The van der Waals surface area contributed by atoms with Gasteiger partial charge in [-0.2, -0.15) is 0 Å². The second-order valence-electron chi connectivity index (χ2n) is 7.21. The molecule has 0 aliphatic carbocycles. The molecule has 0 aliphatic rings. The average molecular weight is 355 g/mol. The number of ketones is 1. The molecule has 2 aromatic carbocycles. The molecule has 0 saturated heterocycles. The van der Waals surface area contributed by atoms with Gasteiger partial charge in [0.15, 0.2) is 5.78 Å². The molecule has 0 aromatic heterocycles. The third kappa shape index (κ3) is 5.91. The van der Waals surface area contributed by atoms with Gasteiger partial charge in [0.1, 0.15) is 0 Å². The first-order valence-corrected chi connectivity index (χ1v) is 8.99. The molecule has 26 heavy (non-hydrogen) atoms. The summed E-state index contributed by atoms with van der Waals surface area (Å²) >= 11 is 0. The van der Waals surface area contributed by atoms with Crippen molar-refractivity contribution in [3.8, 4) is 0 Å². The number of hydrogen-bond acceptors (Lipinski definition) is 3. The quantitative estimate of drug-likeness (QED) is 0.573. The van der Waals surface area contributed by atoms with Gasteiger partial charge in [0.2, 0.25) is 0 Å². The van der Waals surface area contributed by atoms with Gasteiger partial charge in [0.25, 0.3) is 0 Å². The van der Waals surface area contributed by atoms with E-state index >= 15 is 0 Å². The van der Waals surface area contributed by atoms with Crippen LogP contribution in [-0.2, 0) is 6.54 Å². The Hall–Kier alpha value is -2.29. The minimum absolute atomic E-state index is 0. The molecule has 2 aromatic rings. The van der Waals surface area contributed by atoms with E-state index in [0.29, 0.717) is 5.92 Å². The predicted molar refractivity (Wildman–Crippen MR) is 114 cm³/mol. The monoisotopic (exact) mass is 354 g/mol.